The van der Waals surface area contributed by atoms with Crippen LogP contribution in [0.3, 0.4) is 0 Å². The second-order valence-electron chi connectivity index (χ2n) is 10.1. The monoisotopic (exact) mass is 560 g/mol. The maximum absolute atomic E-state index is 11.4. The topological polar surface area (TPSA) is 73.3 Å². The molecule has 4 aromatic rings. The molecular weight excluding hydrogens is 524 g/mol. The van der Waals surface area contributed by atoms with Crippen LogP contribution in [0, 0.1) is 22.6 Å². The van der Waals surface area contributed by atoms with Gasteiger partial charge in [-0.05, 0) is 12.8 Å². The normalized spacial score (nSPS) is 11.1. The van der Waals surface area contributed by atoms with Crippen molar-refractivity contribution in [3.05, 3.63) is 164 Å². The molecule has 6 nitrogen and oxygen atoms in total. The van der Waals surface area contributed by atoms with Gasteiger partial charge in [0.2, 0.25) is 0 Å². The molecule has 0 aliphatic carbocycles. The fourth-order valence-electron chi connectivity index (χ4n) is 5.17. The SMILES string of the molecule is [O-][N+]#CC(OCCCCCCCCOC(C#[N+][O-])(c1ccccc1)c1ccccc1)(c1ccccc1)c1ccccc1. The highest BCUT2D eigenvalue weighted by Crippen LogP contribution is 2.35. The summed E-state index contributed by atoms with van der Waals surface area (Å²) < 4.78 is 12.7. The maximum Gasteiger partial charge on any atom is 0.344 e. The van der Waals surface area contributed by atoms with Gasteiger partial charge in [-0.2, -0.15) is 0 Å². The molecule has 0 bridgehead atoms. The molecule has 0 aliphatic heterocycles. The predicted molar refractivity (Wildman–Crippen MR) is 168 cm³/mol. The first-order chi connectivity index (χ1) is 20.7. The Morgan fingerprint density at radius 2 is 0.690 bits per heavy atom. The zero-order valence-electron chi connectivity index (χ0n) is 23.7. The first-order valence-corrected chi connectivity index (χ1v) is 14.4. The van der Waals surface area contributed by atoms with Crippen LogP contribution in [0.25, 0.3) is 10.0 Å². The van der Waals surface area contributed by atoms with E-state index in [0.29, 0.717) is 13.2 Å². The minimum absolute atomic E-state index is 0.469. The molecule has 42 heavy (non-hydrogen) atoms. The predicted octanol–water partition coefficient (Wildman–Crippen LogP) is 8.91. The fraction of sp³-hybridized carbons (Fsp3) is 0.278. The van der Waals surface area contributed by atoms with Gasteiger partial charge < -0.3 is 19.9 Å². The van der Waals surface area contributed by atoms with Gasteiger partial charge in [0.25, 0.3) is 11.2 Å². The molecule has 0 radical (unpaired) electrons. The van der Waals surface area contributed by atoms with Gasteiger partial charge >= 0.3 is 12.1 Å². The van der Waals surface area contributed by atoms with E-state index in [0.717, 1.165) is 60.8 Å². The van der Waals surface area contributed by atoms with Crippen LogP contribution in [0.4, 0.5) is 0 Å². The van der Waals surface area contributed by atoms with Crippen molar-refractivity contribution in [1.82, 2.24) is 0 Å². The second kappa shape index (κ2) is 16.0. The Morgan fingerprint density at radius 1 is 0.429 bits per heavy atom. The van der Waals surface area contributed by atoms with E-state index in [1.54, 1.807) is 0 Å². The average molecular weight is 561 g/mol. The van der Waals surface area contributed by atoms with Crippen LogP contribution in [-0.4, -0.2) is 13.2 Å². The second-order valence-corrected chi connectivity index (χ2v) is 10.1. The molecule has 0 heterocycles. The molecular formula is C36H36N2O4. The van der Waals surface area contributed by atoms with E-state index in [1.807, 2.05) is 121 Å². The summed E-state index contributed by atoms with van der Waals surface area (Å²) in [5, 5.41) is 28.9. The zero-order valence-corrected chi connectivity index (χ0v) is 23.7. The average Bonchev–Trinajstić information content (AvgIpc) is 3.06. The number of ether oxygens (including phenoxy) is 2. The van der Waals surface area contributed by atoms with Crippen LogP contribution in [-0.2, 0) is 20.7 Å². The maximum atomic E-state index is 11.4. The third kappa shape index (κ3) is 7.56. The van der Waals surface area contributed by atoms with E-state index < -0.39 is 11.2 Å². The number of benzene rings is 4. The van der Waals surface area contributed by atoms with E-state index in [9.17, 15) is 10.4 Å². The lowest BCUT2D eigenvalue weighted by atomic mass is 9.87. The van der Waals surface area contributed by atoms with Crippen molar-refractivity contribution in [2.75, 3.05) is 13.2 Å². The molecule has 0 spiro atoms. The van der Waals surface area contributed by atoms with Crippen LogP contribution in [0.15, 0.2) is 121 Å². The lowest BCUT2D eigenvalue weighted by Gasteiger charge is -2.25. The van der Waals surface area contributed by atoms with Gasteiger partial charge in [0.15, 0.2) is 0 Å². The molecule has 0 fully saturated rings. The minimum atomic E-state index is -1.14. The highest BCUT2D eigenvalue weighted by Gasteiger charge is 2.41. The molecule has 6 heteroatoms. The first-order valence-electron chi connectivity index (χ1n) is 14.4. The number of unbranched alkanes of at least 4 members (excludes halogenated alkanes) is 5. The third-order valence-electron chi connectivity index (χ3n) is 7.30. The number of nitrogens with zero attached hydrogens (tertiary/aromatic N) is 2. The van der Waals surface area contributed by atoms with Crippen LogP contribution < -0.4 is 0 Å². The number of rotatable bonds is 15. The Hall–Kier alpha value is -4.62. The van der Waals surface area contributed by atoms with E-state index in [4.69, 9.17) is 9.47 Å². The molecule has 4 aromatic carbocycles. The zero-order chi connectivity index (χ0) is 29.4. The number of hydrogen-bond donors (Lipinski definition) is 0. The minimum Gasteiger partial charge on any atom is -0.498 e. The van der Waals surface area contributed by atoms with Gasteiger partial charge in [0.1, 0.15) is 0 Å². The largest absolute Gasteiger partial charge is 0.498 e. The molecule has 0 aliphatic rings. The van der Waals surface area contributed by atoms with Crippen molar-refractivity contribution in [2.24, 2.45) is 0 Å². The molecule has 0 amide bonds. The van der Waals surface area contributed by atoms with E-state index in [-0.39, 0.29) is 0 Å². The standard InChI is InChI=1S/C36H36N2O4/c39-37-29-35(31-19-9-5-10-20-31,32-21-11-6-12-22-32)41-27-17-3-1-2-4-18-28-42-36(30-38-40,33-23-13-7-14-24-33)34-25-15-8-16-26-34/h5-16,19-26H,1-4,17-18,27-28H2. The molecule has 0 aromatic heterocycles. The lowest BCUT2D eigenvalue weighted by Crippen LogP contribution is -2.30. The van der Waals surface area contributed by atoms with Crippen molar-refractivity contribution in [2.45, 2.75) is 49.7 Å². The van der Waals surface area contributed by atoms with Crippen molar-refractivity contribution in [1.29, 1.82) is 0 Å². The fourth-order valence-corrected chi connectivity index (χ4v) is 5.17. The lowest BCUT2D eigenvalue weighted by molar-refractivity contribution is 0.0221. The van der Waals surface area contributed by atoms with E-state index >= 15 is 0 Å². The Balaban J connectivity index is 1.26. The van der Waals surface area contributed by atoms with Crippen molar-refractivity contribution < 1.29 is 9.47 Å². The van der Waals surface area contributed by atoms with E-state index in [1.165, 1.54) is 0 Å². The van der Waals surface area contributed by atoms with Gasteiger partial charge in [-0.25, -0.2) is 0 Å². The Labute approximate surface area is 248 Å². The molecule has 0 saturated heterocycles. The molecule has 0 saturated carbocycles. The van der Waals surface area contributed by atoms with Crippen LogP contribution in [0.2, 0.25) is 0 Å². The van der Waals surface area contributed by atoms with Gasteiger partial charge in [-0.1, -0.05) is 147 Å². The molecule has 0 N–H and O–H groups in total. The highest BCUT2D eigenvalue weighted by molar-refractivity contribution is 5.45. The third-order valence-corrected chi connectivity index (χ3v) is 7.30. The molecule has 0 atom stereocenters. The summed E-state index contributed by atoms with van der Waals surface area (Å²) in [5.41, 5.74) is 0.982. The van der Waals surface area contributed by atoms with Gasteiger partial charge in [0, 0.05) is 45.5 Å². The van der Waals surface area contributed by atoms with Gasteiger partial charge in [-0.15, -0.1) is 0 Å². The molecule has 0 unspecified atom stereocenters. The summed E-state index contributed by atoms with van der Waals surface area (Å²) in [4.78, 5) is 0. The van der Waals surface area contributed by atoms with Crippen molar-refractivity contribution >= 4 is 0 Å². The Morgan fingerprint density at radius 3 is 0.952 bits per heavy atom. The quantitative estimate of drug-likeness (QED) is 0.107. The summed E-state index contributed by atoms with van der Waals surface area (Å²) in [5.74, 6) is 0. The van der Waals surface area contributed by atoms with Crippen molar-refractivity contribution in [3.63, 3.8) is 0 Å². The highest BCUT2D eigenvalue weighted by atomic mass is 16.5. The van der Waals surface area contributed by atoms with Crippen LogP contribution in [0.1, 0.15) is 60.8 Å². The smallest absolute Gasteiger partial charge is 0.344 e. The van der Waals surface area contributed by atoms with E-state index in [2.05, 4.69) is 22.2 Å². The molecule has 4 rings (SSSR count). The van der Waals surface area contributed by atoms with Crippen LogP contribution in [0.5, 0.6) is 0 Å². The summed E-state index contributed by atoms with van der Waals surface area (Å²) >= 11 is 0. The Kier molecular flexibility index (Phi) is 11.5. The summed E-state index contributed by atoms with van der Waals surface area (Å²) in [6.07, 6.45) is 5.76. The van der Waals surface area contributed by atoms with Gasteiger partial charge in [0.05, 0.1) is 0 Å². The Bertz CT molecular complexity index is 1260. The first kappa shape index (κ1) is 30.3. The summed E-state index contributed by atoms with van der Waals surface area (Å²) in [6, 6.07) is 43.9. The summed E-state index contributed by atoms with van der Waals surface area (Å²) in [7, 11) is 0. The van der Waals surface area contributed by atoms with Gasteiger partial charge in [-0.3, -0.25) is 0 Å². The summed E-state index contributed by atoms with van der Waals surface area (Å²) in [6.45, 7) is 0.937. The van der Waals surface area contributed by atoms with Crippen molar-refractivity contribution in [3.8, 4) is 12.1 Å². The molecule has 214 valence electrons. The van der Waals surface area contributed by atoms with Crippen LogP contribution >= 0.6 is 0 Å². The number of hydrogen-bond acceptors (Lipinski definition) is 4.